The molecule has 1 unspecified atom stereocenters. The van der Waals surface area contributed by atoms with E-state index in [1.165, 1.54) is 0 Å². The number of methoxy groups -OCH3 is 3. The van der Waals surface area contributed by atoms with Crippen molar-refractivity contribution in [2.24, 2.45) is 0 Å². The maximum Gasteiger partial charge on any atom is 0.233 e. The Morgan fingerprint density at radius 3 is 2.45 bits per heavy atom. The number of benzene rings is 2. The van der Waals surface area contributed by atoms with E-state index < -0.39 is 0 Å². The molecule has 0 spiro atoms. The van der Waals surface area contributed by atoms with Gasteiger partial charge in [-0.2, -0.15) is 0 Å². The van der Waals surface area contributed by atoms with Crippen LogP contribution in [0.5, 0.6) is 28.7 Å². The molecule has 0 N–H and O–H groups in total. The number of fused-ring (bicyclic) bond motifs is 1. The monoisotopic (exact) mass is 417 g/mol. The molecule has 2 aromatic rings. The number of amides is 1. The summed E-state index contributed by atoms with van der Waals surface area (Å²) < 4.78 is 27.4. The fraction of sp³-hybridized carbons (Fsp3) is 0.381. The van der Waals surface area contributed by atoms with E-state index in [1.807, 2.05) is 35.2 Å². The van der Waals surface area contributed by atoms with Gasteiger partial charge in [0.15, 0.2) is 11.5 Å². The van der Waals surface area contributed by atoms with E-state index in [4.69, 9.17) is 23.7 Å². The summed E-state index contributed by atoms with van der Waals surface area (Å²) in [6.07, 6.45) is 0.709. The highest BCUT2D eigenvalue weighted by Gasteiger charge is 2.36. The lowest BCUT2D eigenvalue weighted by atomic mass is 10.1. The van der Waals surface area contributed by atoms with Gasteiger partial charge >= 0.3 is 0 Å². The number of carbonyl (C=O) groups excluding carboxylic acids is 1. The van der Waals surface area contributed by atoms with Crippen LogP contribution >= 0.6 is 11.8 Å². The standard InChI is InChI=1S/C21H23NO6S/c1-24-14-9-17(25-2)20(18(10-14)26-3)21-22(19(23)11-29-21)7-6-13-4-5-15-16(8-13)28-12-27-15/h4-5,8-10,21H,6-7,11-12H2,1-3H3. The molecule has 0 bridgehead atoms. The van der Waals surface area contributed by atoms with E-state index in [-0.39, 0.29) is 18.1 Å². The first-order valence-electron chi connectivity index (χ1n) is 9.24. The minimum atomic E-state index is -0.188. The molecule has 0 radical (unpaired) electrons. The van der Waals surface area contributed by atoms with Gasteiger partial charge in [0, 0.05) is 18.7 Å². The maximum atomic E-state index is 12.6. The summed E-state index contributed by atoms with van der Waals surface area (Å²) in [7, 11) is 4.81. The third-order valence-electron chi connectivity index (χ3n) is 5.05. The highest BCUT2D eigenvalue weighted by Crippen LogP contribution is 2.48. The van der Waals surface area contributed by atoms with Gasteiger partial charge in [0.1, 0.15) is 22.6 Å². The first kappa shape index (κ1) is 19.6. The largest absolute Gasteiger partial charge is 0.496 e. The summed E-state index contributed by atoms with van der Waals surface area (Å²) in [5.41, 5.74) is 1.93. The second kappa shape index (κ2) is 8.32. The SMILES string of the molecule is COc1cc(OC)c(C2SCC(=O)N2CCc2ccc3c(c2)OCO3)c(OC)c1. The zero-order chi connectivity index (χ0) is 20.4. The van der Waals surface area contributed by atoms with E-state index in [2.05, 4.69) is 0 Å². The Bertz CT molecular complexity index is 893. The number of nitrogens with zero attached hydrogens (tertiary/aromatic N) is 1. The average molecular weight is 417 g/mol. The van der Waals surface area contributed by atoms with Crippen LogP contribution in [0.4, 0.5) is 0 Å². The Morgan fingerprint density at radius 1 is 1.03 bits per heavy atom. The highest BCUT2D eigenvalue weighted by molar-refractivity contribution is 8.00. The smallest absolute Gasteiger partial charge is 0.233 e. The second-order valence-electron chi connectivity index (χ2n) is 6.63. The van der Waals surface area contributed by atoms with Crippen molar-refractivity contribution in [2.45, 2.75) is 11.8 Å². The molecule has 4 rings (SSSR count). The lowest BCUT2D eigenvalue weighted by Crippen LogP contribution is -2.30. The molecule has 0 aliphatic carbocycles. The second-order valence-corrected chi connectivity index (χ2v) is 7.70. The lowest BCUT2D eigenvalue weighted by molar-refractivity contribution is -0.128. The zero-order valence-electron chi connectivity index (χ0n) is 16.6. The number of thioether (sulfide) groups is 1. The fourth-order valence-corrected chi connectivity index (χ4v) is 4.83. The van der Waals surface area contributed by atoms with Crippen molar-refractivity contribution < 1.29 is 28.5 Å². The van der Waals surface area contributed by atoms with Gasteiger partial charge in [-0.05, 0) is 24.1 Å². The van der Waals surface area contributed by atoms with Crippen LogP contribution in [0.25, 0.3) is 0 Å². The van der Waals surface area contributed by atoms with E-state index in [0.29, 0.717) is 36.0 Å². The third kappa shape index (κ3) is 3.76. The first-order valence-corrected chi connectivity index (χ1v) is 10.3. The maximum absolute atomic E-state index is 12.6. The van der Waals surface area contributed by atoms with E-state index in [9.17, 15) is 4.79 Å². The topological polar surface area (TPSA) is 66.5 Å². The summed E-state index contributed by atoms with van der Waals surface area (Å²) in [6, 6.07) is 9.52. The number of ether oxygens (including phenoxy) is 5. The normalized spacial score (nSPS) is 17.6. The van der Waals surface area contributed by atoms with Crippen LogP contribution in [0.1, 0.15) is 16.5 Å². The van der Waals surface area contributed by atoms with Crippen molar-refractivity contribution in [3.8, 4) is 28.7 Å². The summed E-state index contributed by atoms with van der Waals surface area (Å²) in [4.78, 5) is 14.5. The lowest BCUT2D eigenvalue weighted by Gasteiger charge is -2.27. The minimum Gasteiger partial charge on any atom is -0.496 e. The summed E-state index contributed by atoms with van der Waals surface area (Å²) in [5, 5.41) is -0.188. The summed E-state index contributed by atoms with van der Waals surface area (Å²) in [5.74, 6) is 3.95. The zero-order valence-corrected chi connectivity index (χ0v) is 17.4. The van der Waals surface area contributed by atoms with Crippen LogP contribution in [-0.2, 0) is 11.2 Å². The number of rotatable bonds is 7. The van der Waals surface area contributed by atoms with Crippen LogP contribution in [0.15, 0.2) is 30.3 Å². The van der Waals surface area contributed by atoms with Gasteiger partial charge in [-0.1, -0.05) is 6.07 Å². The van der Waals surface area contributed by atoms with Crippen molar-refractivity contribution in [3.05, 3.63) is 41.5 Å². The van der Waals surface area contributed by atoms with Crippen molar-refractivity contribution in [1.82, 2.24) is 4.90 Å². The van der Waals surface area contributed by atoms with Crippen LogP contribution in [0, 0.1) is 0 Å². The Labute approximate surface area is 173 Å². The van der Waals surface area contributed by atoms with Gasteiger partial charge in [0.25, 0.3) is 0 Å². The predicted octanol–water partition coefficient (Wildman–Crippen LogP) is 3.26. The van der Waals surface area contributed by atoms with Gasteiger partial charge in [-0.3, -0.25) is 4.79 Å². The van der Waals surface area contributed by atoms with Crippen LogP contribution in [0.2, 0.25) is 0 Å². The molecule has 7 nitrogen and oxygen atoms in total. The molecule has 1 atom stereocenters. The quantitative estimate of drug-likeness (QED) is 0.685. The molecular weight excluding hydrogens is 394 g/mol. The average Bonchev–Trinajstić information content (AvgIpc) is 3.36. The van der Waals surface area contributed by atoms with Crippen molar-refractivity contribution >= 4 is 17.7 Å². The third-order valence-corrected chi connectivity index (χ3v) is 6.27. The van der Waals surface area contributed by atoms with Gasteiger partial charge in [-0.25, -0.2) is 0 Å². The summed E-state index contributed by atoms with van der Waals surface area (Å²) >= 11 is 1.57. The van der Waals surface area contributed by atoms with Crippen molar-refractivity contribution in [2.75, 3.05) is 40.4 Å². The van der Waals surface area contributed by atoms with Crippen LogP contribution < -0.4 is 23.7 Å². The van der Waals surface area contributed by atoms with E-state index in [0.717, 1.165) is 22.6 Å². The van der Waals surface area contributed by atoms with E-state index >= 15 is 0 Å². The van der Waals surface area contributed by atoms with Crippen LogP contribution in [-0.4, -0.2) is 51.2 Å². The molecule has 1 amide bonds. The molecule has 0 aromatic heterocycles. The molecule has 0 saturated carbocycles. The molecule has 1 saturated heterocycles. The highest BCUT2D eigenvalue weighted by atomic mass is 32.2. The fourth-order valence-electron chi connectivity index (χ4n) is 3.56. The molecule has 8 heteroatoms. The van der Waals surface area contributed by atoms with Gasteiger partial charge in [0.05, 0.1) is 32.6 Å². The predicted molar refractivity (Wildman–Crippen MR) is 109 cm³/mol. The molecular formula is C21H23NO6S. The molecule has 154 valence electrons. The molecule has 1 fully saturated rings. The number of hydrogen-bond acceptors (Lipinski definition) is 7. The van der Waals surface area contributed by atoms with Gasteiger partial charge < -0.3 is 28.6 Å². The Morgan fingerprint density at radius 2 is 1.76 bits per heavy atom. The molecule has 2 heterocycles. The Kier molecular flexibility index (Phi) is 5.62. The molecule has 29 heavy (non-hydrogen) atoms. The molecule has 2 aliphatic rings. The Balaban J connectivity index is 1.58. The number of hydrogen-bond donors (Lipinski definition) is 0. The Hall–Kier alpha value is -2.74. The summed E-state index contributed by atoms with van der Waals surface area (Å²) in [6.45, 7) is 0.827. The molecule has 2 aromatic carbocycles. The van der Waals surface area contributed by atoms with Gasteiger partial charge in [-0.15, -0.1) is 11.8 Å². The first-order chi connectivity index (χ1) is 14.1. The minimum absolute atomic E-state index is 0.0978. The van der Waals surface area contributed by atoms with Gasteiger partial charge in [0.2, 0.25) is 12.7 Å². The molecule has 2 aliphatic heterocycles. The van der Waals surface area contributed by atoms with Crippen molar-refractivity contribution in [1.29, 1.82) is 0 Å². The number of carbonyl (C=O) groups is 1. The van der Waals surface area contributed by atoms with Crippen molar-refractivity contribution in [3.63, 3.8) is 0 Å². The van der Waals surface area contributed by atoms with E-state index in [1.54, 1.807) is 33.1 Å². The van der Waals surface area contributed by atoms with Crippen LogP contribution in [0.3, 0.4) is 0 Å².